The van der Waals surface area contributed by atoms with Gasteiger partial charge in [0.2, 0.25) is 5.91 Å². The van der Waals surface area contributed by atoms with Crippen LogP contribution in [-0.4, -0.2) is 41.5 Å². The molecular weight excluding hydrogens is 332 g/mol. The summed E-state index contributed by atoms with van der Waals surface area (Å²) in [5.41, 5.74) is 2.01. The molecule has 1 unspecified atom stereocenters. The predicted molar refractivity (Wildman–Crippen MR) is 98.8 cm³/mol. The van der Waals surface area contributed by atoms with E-state index in [9.17, 15) is 9.59 Å². The molecule has 2 aromatic rings. The Balaban J connectivity index is 1.76. The summed E-state index contributed by atoms with van der Waals surface area (Å²) >= 11 is 0. The average Bonchev–Trinajstić information content (AvgIpc) is 2.65. The minimum Gasteiger partial charge on any atom is -0.489 e. The Kier molecular flexibility index (Phi) is 7.17. The van der Waals surface area contributed by atoms with Crippen molar-refractivity contribution in [3.63, 3.8) is 0 Å². The molecule has 0 aliphatic heterocycles. The van der Waals surface area contributed by atoms with Crippen LogP contribution < -0.4 is 10.1 Å². The van der Waals surface area contributed by atoms with Crippen molar-refractivity contribution in [2.24, 2.45) is 0 Å². The number of rotatable bonds is 9. The summed E-state index contributed by atoms with van der Waals surface area (Å²) in [5, 5.41) is 11.7. The van der Waals surface area contributed by atoms with E-state index >= 15 is 0 Å². The molecule has 0 heterocycles. The standard InChI is InChI=1S/C20H24N2O4/c1-15(20(24)25)22(2)13-19(23)21-12-16-8-10-17(11-9-16)14-26-18-6-4-3-5-7-18/h3-11,15H,12-14H2,1-2H3,(H,21,23)(H,24,25). The number of likely N-dealkylation sites (N-methyl/N-ethyl adjacent to an activating group) is 1. The van der Waals surface area contributed by atoms with Gasteiger partial charge in [-0.25, -0.2) is 0 Å². The molecular formula is C20H24N2O4. The summed E-state index contributed by atoms with van der Waals surface area (Å²) in [5.74, 6) is -0.339. The number of nitrogens with zero attached hydrogens (tertiary/aromatic N) is 1. The molecule has 2 N–H and O–H groups in total. The molecule has 0 saturated carbocycles. The first-order valence-electron chi connectivity index (χ1n) is 8.41. The zero-order valence-corrected chi connectivity index (χ0v) is 15.0. The first-order valence-corrected chi connectivity index (χ1v) is 8.41. The normalized spacial score (nSPS) is 11.8. The van der Waals surface area contributed by atoms with Crippen LogP contribution in [0.1, 0.15) is 18.1 Å². The van der Waals surface area contributed by atoms with E-state index in [1.54, 1.807) is 14.0 Å². The number of nitrogens with one attached hydrogen (secondary N) is 1. The average molecular weight is 356 g/mol. The minimum atomic E-state index is -0.950. The second-order valence-corrected chi connectivity index (χ2v) is 6.12. The lowest BCUT2D eigenvalue weighted by molar-refractivity contribution is -0.142. The highest BCUT2D eigenvalue weighted by molar-refractivity contribution is 5.79. The Bertz CT molecular complexity index is 716. The lowest BCUT2D eigenvalue weighted by atomic mass is 10.1. The maximum Gasteiger partial charge on any atom is 0.320 e. The Hall–Kier alpha value is -2.86. The van der Waals surface area contributed by atoms with Crippen molar-refractivity contribution >= 4 is 11.9 Å². The van der Waals surface area contributed by atoms with E-state index in [0.717, 1.165) is 16.9 Å². The lowest BCUT2D eigenvalue weighted by Gasteiger charge is -2.20. The Morgan fingerprint density at radius 1 is 1.08 bits per heavy atom. The largest absolute Gasteiger partial charge is 0.489 e. The molecule has 0 aromatic heterocycles. The Morgan fingerprint density at radius 3 is 2.31 bits per heavy atom. The van der Waals surface area contributed by atoms with Gasteiger partial charge in [0.1, 0.15) is 18.4 Å². The number of carboxylic acids is 1. The van der Waals surface area contributed by atoms with Crippen molar-refractivity contribution in [2.75, 3.05) is 13.6 Å². The van der Waals surface area contributed by atoms with Gasteiger partial charge in [-0.2, -0.15) is 0 Å². The molecule has 2 rings (SSSR count). The van der Waals surface area contributed by atoms with E-state index in [4.69, 9.17) is 9.84 Å². The van der Waals surface area contributed by atoms with Crippen LogP contribution in [0.15, 0.2) is 54.6 Å². The SMILES string of the molecule is CC(C(=O)O)N(C)CC(=O)NCc1ccc(COc2ccccc2)cc1. The van der Waals surface area contributed by atoms with Crippen molar-refractivity contribution in [1.29, 1.82) is 0 Å². The third kappa shape index (κ3) is 6.22. The molecule has 0 fully saturated rings. The smallest absolute Gasteiger partial charge is 0.320 e. The zero-order valence-electron chi connectivity index (χ0n) is 15.0. The van der Waals surface area contributed by atoms with Crippen LogP contribution in [-0.2, 0) is 22.7 Å². The molecule has 0 saturated heterocycles. The molecule has 0 bridgehead atoms. The van der Waals surface area contributed by atoms with Crippen molar-refractivity contribution in [2.45, 2.75) is 26.1 Å². The third-order valence-corrected chi connectivity index (χ3v) is 4.07. The molecule has 26 heavy (non-hydrogen) atoms. The first-order chi connectivity index (χ1) is 12.5. The van der Waals surface area contributed by atoms with Crippen LogP contribution in [0, 0.1) is 0 Å². The van der Waals surface area contributed by atoms with Crippen LogP contribution in [0.4, 0.5) is 0 Å². The summed E-state index contributed by atoms with van der Waals surface area (Å²) in [4.78, 5) is 24.3. The molecule has 1 amide bonds. The van der Waals surface area contributed by atoms with Crippen molar-refractivity contribution in [1.82, 2.24) is 10.2 Å². The van der Waals surface area contributed by atoms with E-state index in [0.29, 0.717) is 13.2 Å². The van der Waals surface area contributed by atoms with Gasteiger partial charge >= 0.3 is 5.97 Å². The van der Waals surface area contributed by atoms with Crippen LogP contribution >= 0.6 is 0 Å². The maximum atomic E-state index is 11.9. The highest BCUT2D eigenvalue weighted by Gasteiger charge is 2.18. The second kappa shape index (κ2) is 9.58. The number of carbonyl (C=O) groups excluding carboxylic acids is 1. The van der Waals surface area contributed by atoms with Crippen LogP contribution in [0.25, 0.3) is 0 Å². The van der Waals surface area contributed by atoms with Crippen molar-refractivity contribution < 1.29 is 19.4 Å². The van der Waals surface area contributed by atoms with Gasteiger partial charge < -0.3 is 15.2 Å². The van der Waals surface area contributed by atoms with Crippen LogP contribution in [0.2, 0.25) is 0 Å². The first kappa shape index (κ1) is 19.5. The lowest BCUT2D eigenvalue weighted by Crippen LogP contribution is -2.42. The van der Waals surface area contributed by atoms with Gasteiger partial charge in [0.25, 0.3) is 0 Å². The third-order valence-electron chi connectivity index (χ3n) is 4.07. The Morgan fingerprint density at radius 2 is 1.69 bits per heavy atom. The predicted octanol–water partition coefficient (Wildman–Crippen LogP) is 2.29. The number of hydrogen-bond donors (Lipinski definition) is 2. The van der Waals surface area contributed by atoms with Gasteiger partial charge in [-0.3, -0.25) is 14.5 Å². The quantitative estimate of drug-likeness (QED) is 0.721. The van der Waals surface area contributed by atoms with E-state index in [1.165, 1.54) is 4.90 Å². The van der Waals surface area contributed by atoms with Crippen molar-refractivity contribution in [3.05, 3.63) is 65.7 Å². The summed E-state index contributed by atoms with van der Waals surface area (Å²) in [6.07, 6.45) is 0. The van der Waals surface area contributed by atoms with E-state index in [2.05, 4.69) is 5.32 Å². The van der Waals surface area contributed by atoms with Gasteiger partial charge in [-0.1, -0.05) is 42.5 Å². The molecule has 1 atom stereocenters. The molecule has 0 radical (unpaired) electrons. The van der Waals surface area contributed by atoms with Crippen LogP contribution in [0.3, 0.4) is 0 Å². The number of benzene rings is 2. The number of aliphatic carboxylic acids is 1. The Labute approximate surface area is 153 Å². The van der Waals surface area contributed by atoms with Gasteiger partial charge in [-0.05, 0) is 37.2 Å². The van der Waals surface area contributed by atoms with E-state index in [-0.39, 0.29) is 12.5 Å². The van der Waals surface area contributed by atoms with Gasteiger partial charge in [0, 0.05) is 6.54 Å². The number of hydrogen-bond acceptors (Lipinski definition) is 4. The molecule has 6 heteroatoms. The molecule has 2 aromatic carbocycles. The number of ether oxygens (including phenoxy) is 1. The minimum absolute atomic E-state index is 0.0382. The number of para-hydroxylation sites is 1. The van der Waals surface area contributed by atoms with Crippen molar-refractivity contribution in [3.8, 4) is 5.75 Å². The number of carboxylic acid groups (broad SMARTS) is 1. The van der Waals surface area contributed by atoms with E-state index < -0.39 is 12.0 Å². The summed E-state index contributed by atoms with van der Waals surface area (Å²) in [7, 11) is 1.61. The van der Waals surface area contributed by atoms with Crippen LogP contribution in [0.5, 0.6) is 5.75 Å². The fraction of sp³-hybridized carbons (Fsp3) is 0.300. The highest BCUT2D eigenvalue weighted by atomic mass is 16.5. The second-order valence-electron chi connectivity index (χ2n) is 6.12. The fourth-order valence-electron chi connectivity index (χ4n) is 2.25. The monoisotopic (exact) mass is 356 g/mol. The topological polar surface area (TPSA) is 78.9 Å². The molecule has 0 spiro atoms. The van der Waals surface area contributed by atoms with Gasteiger partial charge in [0.05, 0.1) is 6.54 Å². The highest BCUT2D eigenvalue weighted by Crippen LogP contribution is 2.12. The fourth-order valence-corrected chi connectivity index (χ4v) is 2.25. The summed E-state index contributed by atoms with van der Waals surface area (Å²) < 4.78 is 5.69. The molecule has 6 nitrogen and oxygen atoms in total. The number of carbonyl (C=O) groups is 2. The summed E-state index contributed by atoms with van der Waals surface area (Å²) in [6, 6.07) is 16.7. The number of amides is 1. The maximum absolute atomic E-state index is 11.9. The zero-order chi connectivity index (χ0) is 18.9. The molecule has 0 aliphatic carbocycles. The van der Waals surface area contributed by atoms with Gasteiger partial charge in [0.15, 0.2) is 0 Å². The van der Waals surface area contributed by atoms with E-state index in [1.807, 2.05) is 54.6 Å². The molecule has 0 aliphatic rings. The summed E-state index contributed by atoms with van der Waals surface area (Å²) in [6.45, 7) is 2.46. The molecule has 138 valence electrons. The van der Waals surface area contributed by atoms with Gasteiger partial charge in [-0.15, -0.1) is 0 Å².